The number of piperidine rings is 1. The van der Waals surface area contributed by atoms with Gasteiger partial charge >= 0.3 is 6.03 Å². The van der Waals surface area contributed by atoms with Crippen LogP contribution in [0.5, 0.6) is 11.5 Å². The molecule has 1 aromatic heterocycles. The molecule has 1 fully saturated rings. The SMILES string of the molecule is CCCCN(C(=O)Nc1ccsc1)C1CCN(Cc2ccc(Oc3ccc(NS(C)(=O)=O)cc3)cc2)CC1.Cl. The number of likely N-dealkylation sites (tertiary alicyclic amines) is 1. The fraction of sp³-hybridized carbons (Fsp3) is 0.393. The number of carbonyl (C=O) groups is 1. The van der Waals surface area contributed by atoms with Crippen LogP contribution < -0.4 is 14.8 Å². The second kappa shape index (κ2) is 14.6. The molecule has 1 saturated heterocycles. The molecule has 8 nitrogen and oxygen atoms in total. The zero-order valence-electron chi connectivity index (χ0n) is 22.3. The van der Waals surface area contributed by atoms with Crippen LogP contribution in [-0.2, 0) is 16.6 Å². The average molecular weight is 593 g/mol. The molecular weight excluding hydrogens is 556 g/mol. The molecule has 2 heterocycles. The lowest BCUT2D eigenvalue weighted by molar-refractivity contribution is 0.122. The van der Waals surface area contributed by atoms with Crippen LogP contribution in [0.1, 0.15) is 38.2 Å². The van der Waals surface area contributed by atoms with E-state index in [1.54, 1.807) is 35.6 Å². The number of anilines is 2. The number of thiophene rings is 1. The number of nitrogens with zero attached hydrogens (tertiary/aromatic N) is 2. The molecule has 0 atom stereocenters. The molecule has 0 aliphatic carbocycles. The minimum Gasteiger partial charge on any atom is -0.457 e. The van der Waals surface area contributed by atoms with Gasteiger partial charge in [-0.2, -0.15) is 11.3 Å². The van der Waals surface area contributed by atoms with Gasteiger partial charge in [0.1, 0.15) is 11.5 Å². The predicted octanol–water partition coefficient (Wildman–Crippen LogP) is 6.63. The lowest BCUT2D eigenvalue weighted by atomic mass is 10.0. The number of nitrogens with one attached hydrogen (secondary N) is 2. The minimum absolute atomic E-state index is 0. The summed E-state index contributed by atoms with van der Waals surface area (Å²) in [7, 11) is -3.31. The van der Waals surface area contributed by atoms with Crippen molar-refractivity contribution in [1.29, 1.82) is 0 Å². The van der Waals surface area contributed by atoms with Gasteiger partial charge < -0.3 is 15.0 Å². The summed E-state index contributed by atoms with van der Waals surface area (Å²) in [6, 6.07) is 17.1. The van der Waals surface area contributed by atoms with Crippen molar-refractivity contribution in [1.82, 2.24) is 9.80 Å². The monoisotopic (exact) mass is 592 g/mol. The summed E-state index contributed by atoms with van der Waals surface area (Å²) >= 11 is 1.58. The van der Waals surface area contributed by atoms with E-state index in [1.807, 2.05) is 33.9 Å². The van der Waals surface area contributed by atoms with E-state index in [0.29, 0.717) is 11.4 Å². The average Bonchev–Trinajstić information content (AvgIpc) is 3.40. The Morgan fingerprint density at radius 2 is 1.67 bits per heavy atom. The Balaban J connectivity index is 0.00000420. The number of sulfonamides is 1. The highest BCUT2D eigenvalue weighted by atomic mass is 35.5. The number of halogens is 1. The van der Waals surface area contributed by atoms with Crippen molar-refractivity contribution in [2.24, 2.45) is 0 Å². The number of unbranched alkanes of at least 4 members (excludes halogenated alkanes) is 1. The molecule has 39 heavy (non-hydrogen) atoms. The summed E-state index contributed by atoms with van der Waals surface area (Å²) in [5, 5.41) is 6.99. The third-order valence-corrected chi connectivity index (χ3v) is 7.80. The van der Waals surface area contributed by atoms with Gasteiger partial charge in [0.05, 0.1) is 11.9 Å². The number of amides is 2. The van der Waals surface area contributed by atoms with E-state index in [1.165, 1.54) is 5.56 Å². The highest BCUT2D eigenvalue weighted by Crippen LogP contribution is 2.25. The van der Waals surface area contributed by atoms with E-state index in [9.17, 15) is 13.2 Å². The lowest BCUT2D eigenvalue weighted by Gasteiger charge is -2.38. The van der Waals surface area contributed by atoms with E-state index in [0.717, 1.165) is 69.6 Å². The van der Waals surface area contributed by atoms with Crippen LogP contribution in [0.4, 0.5) is 16.2 Å². The van der Waals surface area contributed by atoms with Gasteiger partial charge in [0.25, 0.3) is 0 Å². The molecule has 4 rings (SSSR count). The fourth-order valence-electron chi connectivity index (χ4n) is 4.56. The fourth-order valence-corrected chi connectivity index (χ4v) is 5.71. The van der Waals surface area contributed by atoms with Crippen molar-refractivity contribution < 1.29 is 17.9 Å². The van der Waals surface area contributed by atoms with Crippen LogP contribution in [0.15, 0.2) is 65.4 Å². The first-order chi connectivity index (χ1) is 18.3. The molecule has 11 heteroatoms. The van der Waals surface area contributed by atoms with Gasteiger partial charge in [-0.25, -0.2) is 13.2 Å². The minimum atomic E-state index is -3.31. The molecule has 0 bridgehead atoms. The molecule has 3 aromatic rings. The van der Waals surface area contributed by atoms with E-state index in [-0.39, 0.29) is 24.5 Å². The Kier molecular flexibility index (Phi) is 11.5. The van der Waals surface area contributed by atoms with Crippen LogP contribution in [-0.4, -0.2) is 56.2 Å². The molecule has 0 saturated carbocycles. The molecule has 0 radical (unpaired) electrons. The summed E-state index contributed by atoms with van der Waals surface area (Å²) in [4.78, 5) is 17.5. The molecule has 0 unspecified atom stereocenters. The maximum Gasteiger partial charge on any atom is 0.322 e. The van der Waals surface area contributed by atoms with E-state index in [4.69, 9.17) is 4.74 Å². The zero-order chi connectivity index (χ0) is 27.0. The van der Waals surface area contributed by atoms with Gasteiger partial charge in [-0.1, -0.05) is 25.5 Å². The topological polar surface area (TPSA) is 91.0 Å². The van der Waals surface area contributed by atoms with Gasteiger partial charge in [-0.15, -0.1) is 12.4 Å². The molecule has 1 aliphatic heterocycles. The van der Waals surface area contributed by atoms with Crippen molar-refractivity contribution in [3.63, 3.8) is 0 Å². The Bertz CT molecular complexity index is 1260. The first-order valence-electron chi connectivity index (χ1n) is 13.0. The highest BCUT2D eigenvalue weighted by Gasteiger charge is 2.27. The van der Waals surface area contributed by atoms with Crippen molar-refractivity contribution in [3.05, 3.63) is 70.9 Å². The van der Waals surface area contributed by atoms with Crippen LogP contribution in [0.3, 0.4) is 0 Å². The van der Waals surface area contributed by atoms with Crippen LogP contribution >= 0.6 is 23.7 Å². The van der Waals surface area contributed by atoms with Crippen LogP contribution in [0.2, 0.25) is 0 Å². The maximum atomic E-state index is 13.0. The highest BCUT2D eigenvalue weighted by molar-refractivity contribution is 7.92. The number of urea groups is 1. The third-order valence-electron chi connectivity index (χ3n) is 6.51. The number of hydrogen-bond donors (Lipinski definition) is 2. The van der Waals surface area contributed by atoms with Gasteiger partial charge in [-0.05, 0) is 72.7 Å². The Hall–Kier alpha value is -2.79. The second-order valence-corrected chi connectivity index (χ2v) is 12.2. The Morgan fingerprint density at radius 3 is 2.23 bits per heavy atom. The zero-order valence-corrected chi connectivity index (χ0v) is 24.8. The van der Waals surface area contributed by atoms with Crippen molar-refractivity contribution in [2.75, 3.05) is 35.9 Å². The van der Waals surface area contributed by atoms with Gasteiger partial charge in [-0.3, -0.25) is 9.62 Å². The third kappa shape index (κ3) is 9.72. The lowest BCUT2D eigenvalue weighted by Crippen LogP contribution is -2.49. The first kappa shape index (κ1) is 30.7. The first-order valence-corrected chi connectivity index (χ1v) is 15.8. The number of hydrogen-bond acceptors (Lipinski definition) is 6. The molecule has 2 N–H and O–H groups in total. The standard InChI is InChI=1S/C28H36N4O4S2.ClH/c1-3-4-16-32(28(33)29-24-15-19-37-21-24)25-13-17-31(18-14-25)20-22-5-9-26(10-6-22)36-27-11-7-23(8-12-27)30-38(2,34)35;/h5-12,15,19,21,25,30H,3-4,13-14,16-18,20H2,1-2H3,(H,29,33);1H. The van der Waals surface area contributed by atoms with Gasteiger partial charge in [0, 0.05) is 43.3 Å². The molecule has 212 valence electrons. The van der Waals surface area contributed by atoms with E-state index < -0.39 is 10.0 Å². The maximum absolute atomic E-state index is 13.0. The Morgan fingerprint density at radius 1 is 1.03 bits per heavy atom. The molecule has 0 spiro atoms. The molecule has 1 aliphatic rings. The summed E-state index contributed by atoms with van der Waals surface area (Å²) in [5.74, 6) is 1.36. The smallest absolute Gasteiger partial charge is 0.322 e. The predicted molar refractivity (Wildman–Crippen MR) is 162 cm³/mol. The molecule has 2 amide bonds. The second-order valence-electron chi connectivity index (χ2n) is 9.64. The van der Waals surface area contributed by atoms with Gasteiger partial charge in [0.2, 0.25) is 10.0 Å². The quantitative estimate of drug-likeness (QED) is 0.261. The molecule has 2 aromatic carbocycles. The van der Waals surface area contributed by atoms with Crippen molar-refractivity contribution in [3.8, 4) is 11.5 Å². The summed E-state index contributed by atoms with van der Waals surface area (Å²) in [5.41, 5.74) is 2.57. The van der Waals surface area contributed by atoms with Crippen molar-refractivity contribution >= 4 is 51.2 Å². The number of rotatable bonds is 11. The normalized spacial score (nSPS) is 14.3. The molecular formula is C28H37ClN4O4S2. The van der Waals surface area contributed by atoms with Crippen LogP contribution in [0, 0.1) is 0 Å². The van der Waals surface area contributed by atoms with Crippen LogP contribution in [0.25, 0.3) is 0 Å². The number of ether oxygens (including phenoxy) is 1. The number of benzene rings is 2. The largest absolute Gasteiger partial charge is 0.457 e. The summed E-state index contributed by atoms with van der Waals surface area (Å²) in [6.45, 7) is 5.70. The van der Waals surface area contributed by atoms with E-state index in [2.05, 4.69) is 34.0 Å². The number of carbonyl (C=O) groups excluding carboxylic acids is 1. The summed E-state index contributed by atoms with van der Waals surface area (Å²) in [6.07, 6.45) is 5.12. The summed E-state index contributed by atoms with van der Waals surface area (Å²) < 4.78 is 31.0. The van der Waals surface area contributed by atoms with Crippen molar-refractivity contribution in [2.45, 2.75) is 45.2 Å². The van der Waals surface area contributed by atoms with E-state index >= 15 is 0 Å². The van der Waals surface area contributed by atoms with Gasteiger partial charge in [0.15, 0.2) is 0 Å². The Labute approximate surface area is 241 Å².